The fourth-order valence-corrected chi connectivity index (χ4v) is 24.1. The molecule has 0 heterocycles. The van der Waals surface area contributed by atoms with Gasteiger partial charge in [0.2, 0.25) is 0 Å². The molecule has 10 fully saturated rings. The average molecular weight is 2480 g/mol. The maximum Gasteiger partial charge on any atom is 0.0877 e. The minimum Gasteiger partial charge on any atom is -0.396 e. The van der Waals surface area contributed by atoms with E-state index in [-0.39, 0.29) is 133 Å². The zero-order valence-corrected chi connectivity index (χ0v) is 97.3. The average Bonchev–Trinajstić information content (AvgIpc) is 1.64. The summed E-state index contributed by atoms with van der Waals surface area (Å²) in [6, 6.07) is 63.5. The lowest BCUT2D eigenvalue weighted by atomic mass is 9.93. The molecule has 0 unspecified atom stereocenters. The van der Waals surface area contributed by atoms with Gasteiger partial charge in [-0.1, -0.05) is 293 Å². The van der Waals surface area contributed by atoms with Crippen LogP contribution in [0.2, 0.25) is 100 Å². The Morgan fingerprint density at radius 1 is 0.187 bits per heavy atom. The second kappa shape index (κ2) is 54.0. The summed E-state index contributed by atoms with van der Waals surface area (Å²) < 4.78 is 0. The molecule has 40 heteroatoms. The van der Waals surface area contributed by atoms with E-state index in [0.717, 1.165) is 94.2 Å². The molecule has 0 amide bonds. The van der Waals surface area contributed by atoms with Gasteiger partial charge in [-0.05, 0) is 277 Å². The lowest BCUT2D eigenvalue weighted by molar-refractivity contribution is 0.264. The summed E-state index contributed by atoms with van der Waals surface area (Å²) in [6.45, 7) is 4.23. The van der Waals surface area contributed by atoms with Crippen LogP contribution >= 0.6 is 255 Å². The maximum atomic E-state index is 9.14. The monoisotopic (exact) mass is 2470 g/mol. The van der Waals surface area contributed by atoms with Crippen molar-refractivity contribution in [3.05, 3.63) is 338 Å². The van der Waals surface area contributed by atoms with E-state index in [0.29, 0.717) is 189 Å². The topological polar surface area (TPSA) is 413 Å². The summed E-state index contributed by atoms with van der Waals surface area (Å²) in [5.41, 5.74) is 42.3. The third-order valence-electron chi connectivity index (χ3n) is 31.6. The van der Waals surface area contributed by atoms with Crippen molar-refractivity contribution < 1.29 is 40.9 Å². The zero-order chi connectivity index (χ0) is 111. The Kier molecular flexibility index (Phi) is 45.4. The molecule has 20 atom stereocenters. The fraction of sp³-hybridized carbons (Fsp3) is 0.418. The molecule has 10 aliphatic rings. The lowest BCUT2D eigenvalue weighted by Gasteiger charge is -2.15. The molecular weight excluding hydrogens is 2370 g/mol. The lowest BCUT2D eigenvalue weighted by Crippen LogP contribution is -2.23. The smallest absolute Gasteiger partial charge is 0.0877 e. The highest BCUT2D eigenvalue weighted by molar-refractivity contribution is 6.46. The molecule has 10 aromatic carbocycles. The van der Waals surface area contributed by atoms with Gasteiger partial charge in [-0.25, -0.2) is 0 Å². The summed E-state index contributed by atoms with van der Waals surface area (Å²) >= 11 is 129. The summed E-state index contributed by atoms with van der Waals surface area (Å²) in [7, 11) is 0. The Bertz CT molecular complexity index is 5730. The van der Waals surface area contributed by atoms with Gasteiger partial charge in [-0.2, -0.15) is 21.0 Å². The SMILES string of the molecule is N#C[C@@]1(c2ccc(Cl)c(Cl)c2)C[C@@H]1CO.N#C[C@@]1(c2ccc(Cl)c(Cl)c2)C[C@H]1CO.N#C[C@]1(c2ccc(Cl)c(Cl)c2)C[C@@H]1CO.N#C[C@]1(c2ccc(Cl)c(Cl)c2)C[C@H]1CO.NC[C@@]1(c2ccc(Cl)c(Cl)c2)C[C@@H]1CCl.NC[C@@]1(c2ccc(Cl)c(Cl)c2)C[C@@H]1CO.NC[C@@]1(c2ccc(Cl)c(Cl)c2)C[C@H]1CO.NC[C@]1(c2ccc(Cl)c(Cl)c2)C[C@@H]1CCl.NC[C@]1(c2ccc(Cl)c(Cl)c2)C[C@@H]1CO.NC[C@]1(c2ccc(Cl)c(Cl)c2)C[C@H]1CO. The first-order valence-electron chi connectivity index (χ1n) is 47.8. The molecule has 10 saturated carbocycles. The summed E-state index contributed by atoms with van der Waals surface area (Å²) in [5.74, 6) is 3.41. The molecule has 0 spiro atoms. The summed E-state index contributed by atoms with van der Waals surface area (Å²) in [4.78, 5) is 0. The number of rotatable bonds is 26. The maximum absolute atomic E-state index is 9.14. The van der Waals surface area contributed by atoms with Crippen LogP contribution < -0.4 is 34.4 Å². The highest BCUT2D eigenvalue weighted by Crippen LogP contribution is 2.63. The van der Waals surface area contributed by atoms with Crippen molar-refractivity contribution in [2.24, 2.45) is 93.6 Å². The molecule has 804 valence electrons. The highest BCUT2D eigenvalue weighted by atomic mass is 35.5. The molecule has 0 aromatic heterocycles. The number of nitrogens with zero attached hydrogens (tertiary/aromatic N) is 4. The van der Waals surface area contributed by atoms with Crippen LogP contribution in [0.5, 0.6) is 0 Å². The second-order valence-electron chi connectivity index (χ2n) is 39.6. The number of nitrogens with two attached hydrogens (primary N) is 6. The van der Waals surface area contributed by atoms with E-state index >= 15 is 0 Å². The number of halogens is 22. The highest BCUT2D eigenvalue weighted by Gasteiger charge is 2.62. The van der Waals surface area contributed by atoms with Crippen LogP contribution in [0, 0.1) is 105 Å². The Hall–Kier alpha value is -4.02. The first-order valence-corrected chi connectivity index (χ1v) is 56.4. The van der Waals surface area contributed by atoms with Crippen LogP contribution in [-0.4, -0.2) is 145 Å². The van der Waals surface area contributed by atoms with Crippen molar-refractivity contribution in [1.29, 1.82) is 21.0 Å². The molecule has 18 nitrogen and oxygen atoms in total. The van der Waals surface area contributed by atoms with Crippen LogP contribution in [0.4, 0.5) is 0 Å². The van der Waals surface area contributed by atoms with Gasteiger partial charge in [0.05, 0.1) is 146 Å². The van der Waals surface area contributed by atoms with Crippen LogP contribution in [0.3, 0.4) is 0 Å². The molecule has 10 aromatic rings. The molecule has 10 aliphatic carbocycles. The van der Waals surface area contributed by atoms with Gasteiger partial charge in [0.25, 0.3) is 0 Å². The summed E-state index contributed by atoms with van der Waals surface area (Å²) in [5, 5.41) is 120. The Labute approximate surface area is 985 Å². The van der Waals surface area contributed by atoms with E-state index in [1.807, 2.05) is 84.9 Å². The Morgan fingerprint density at radius 3 is 0.400 bits per heavy atom. The van der Waals surface area contributed by atoms with Gasteiger partial charge in [0.15, 0.2) is 0 Å². The summed E-state index contributed by atoms with van der Waals surface area (Å²) in [6.07, 6.45) is 8.58. The first-order chi connectivity index (χ1) is 71.4. The van der Waals surface area contributed by atoms with Crippen LogP contribution in [0.15, 0.2) is 182 Å². The molecule has 150 heavy (non-hydrogen) atoms. The van der Waals surface area contributed by atoms with Crippen molar-refractivity contribution in [3.63, 3.8) is 0 Å². The first kappa shape index (κ1) is 126. The van der Waals surface area contributed by atoms with Gasteiger partial charge in [0, 0.05) is 160 Å². The molecular formula is C110H112Cl22N10O8. The molecule has 0 radical (unpaired) electrons. The van der Waals surface area contributed by atoms with Crippen molar-refractivity contribution in [2.45, 2.75) is 118 Å². The van der Waals surface area contributed by atoms with Crippen LogP contribution in [0.25, 0.3) is 0 Å². The quantitative estimate of drug-likeness (QED) is 0.0224. The molecule has 0 saturated heterocycles. The van der Waals surface area contributed by atoms with Crippen LogP contribution in [-0.2, 0) is 54.1 Å². The predicted molar refractivity (Wildman–Crippen MR) is 617 cm³/mol. The van der Waals surface area contributed by atoms with Crippen molar-refractivity contribution >= 4 is 255 Å². The van der Waals surface area contributed by atoms with Gasteiger partial charge in [-0.3, -0.25) is 0 Å². The number of aliphatic hydroxyl groups excluding tert-OH is 8. The molecule has 0 aliphatic heterocycles. The number of hydrogen-bond acceptors (Lipinski definition) is 18. The minimum absolute atomic E-state index is 0.0275. The third kappa shape index (κ3) is 27.7. The van der Waals surface area contributed by atoms with Gasteiger partial charge in [-0.15, -0.1) is 23.2 Å². The number of benzene rings is 10. The second-order valence-corrected chi connectivity index (χ2v) is 48.3. The molecule has 20 rings (SSSR count). The molecule has 0 bridgehead atoms. The van der Waals surface area contributed by atoms with Crippen molar-refractivity contribution in [2.75, 3.05) is 104 Å². The third-order valence-corrected chi connectivity index (χ3v) is 39.8. The predicted octanol–water partition coefficient (Wildman–Crippen LogP) is 26.8. The van der Waals surface area contributed by atoms with E-state index < -0.39 is 21.7 Å². The number of alkyl halides is 2. The van der Waals surface area contributed by atoms with Gasteiger partial charge in [0.1, 0.15) is 0 Å². The van der Waals surface area contributed by atoms with E-state index in [2.05, 4.69) is 24.3 Å². The van der Waals surface area contributed by atoms with Gasteiger partial charge < -0.3 is 75.3 Å². The van der Waals surface area contributed by atoms with E-state index in [1.165, 1.54) is 0 Å². The fourth-order valence-electron chi connectivity index (χ4n) is 20.3. The standard InChI is InChI=1S/2C11H12Cl3N.4C11H13Cl2NO.4C11H9Cl2NO/c2*12-5-8-4-11(8,6-15)7-1-2-9(13)10(14)3-7;8*12-9-2-1-7(3-10(9)13)11(6-14)4-8(11)5-15/h2*1-3,8H,4-6,15H2;4*1-3,8,15H,4-6,14H2;4*1-3,8,15H,4-5H2/t8-,11+;8-,11-;2*8-,11+;2*8-,11-;2*8-,11+;2*8-,11-/m1110101010/s1. The van der Waals surface area contributed by atoms with Crippen LogP contribution in [0.1, 0.15) is 120 Å². The normalized spacial score (nSPS) is 28.9. The van der Waals surface area contributed by atoms with Crippen molar-refractivity contribution in [1.82, 2.24) is 0 Å². The number of hydrogen-bond donors (Lipinski definition) is 14. The van der Waals surface area contributed by atoms with Crippen molar-refractivity contribution in [3.8, 4) is 24.3 Å². The molecule has 20 N–H and O–H groups in total. The van der Waals surface area contributed by atoms with E-state index in [9.17, 15) is 0 Å². The van der Waals surface area contributed by atoms with E-state index in [1.54, 1.807) is 97.1 Å². The minimum atomic E-state index is -0.553. The number of aliphatic hydroxyl groups is 8. The zero-order valence-electron chi connectivity index (χ0n) is 80.6. The Morgan fingerprint density at radius 2 is 0.307 bits per heavy atom. The Balaban J connectivity index is 0.000000158. The largest absolute Gasteiger partial charge is 0.396 e. The van der Waals surface area contributed by atoms with Gasteiger partial charge >= 0.3 is 0 Å². The van der Waals surface area contributed by atoms with E-state index in [4.69, 9.17) is 352 Å². The number of nitriles is 4.